The Hall–Kier alpha value is -2.62. The molecule has 3 aromatic rings. The number of aryl methyl sites for hydroxylation is 2. The summed E-state index contributed by atoms with van der Waals surface area (Å²) in [7, 11) is 0. The van der Waals surface area contributed by atoms with Gasteiger partial charge in [0.25, 0.3) is 0 Å². The predicted molar refractivity (Wildman–Crippen MR) is 107 cm³/mol. The maximum atomic E-state index is 12.5. The Balaban J connectivity index is 1.93. The topological polar surface area (TPSA) is 46.4 Å². The van der Waals surface area contributed by atoms with Gasteiger partial charge in [0.05, 0.1) is 0 Å². The third kappa shape index (κ3) is 4.13. The molecule has 4 heteroatoms. The highest BCUT2D eigenvalue weighted by molar-refractivity contribution is 5.94. The van der Waals surface area contributed by atoms with Crippen molar-refractivity contribution in [3.05, 3.63) is 53.7 Å². The first kappa shape index (κ1) is 18.2. The van der Waals surface area contributed by atoms with Crippen LogP contribution < -0.4 is 5.32 Å². The van der Waals surface area contributed by atoms with Crippen LogP contribution in [0.15, 0.2) is 42.6 Å². The Labute approximate surface area is 155 Å². The molecule has 0 saturated carbocycles. The summed E-state index contributed by atoms with van der Waals surface area (Å²) < 4.78 is 1.96. The molecule has 0 aliphatic heterocycles. The molecule has 0 radical (unpaired) electrons. The summed E-state index contributed by atoms with van der Waals surface area (Å²) in [5.41, 5.74) is 5.07. The molecule has 136 valence electrons. The van der Waals surface area contributed by atoms with E-state index in [0.29, 0.717) is 6.42 Å². The minimum atomic E-state index is 0.0531. The van der Waals surface area contributed by atoms with Crippen molar-refractivity contribution in [2.45, 2.75) is 52.9 Å². The first-order chi connectivity index (χ1) is 12.6. The molecule has 0 saturated heterocycles. The number of rotatable bonds is 7. The van der Waals surface area contributed by atoms with Crippen LogP contribution >= 0.6 is 0 Å². The Kier molecular flexibility index (Phi) is 5.71. The van der Waals surface area contributed by atoms with Crippen molar-refractivity contribution < 1.29 is 4.79 Å². The second-order valence-corrected chi connectivity index (χ2v) is 6.97. The van der Waals surface area contributed by atoms with Crippen LogP contribution in [0.4, 0.5) is 5.82 Å². The van der Waals surface area contributed by atoms with Gasteiger partial charge >= 0.3 is 0 Å². The van der Waals surface area contributed by atoms with Gasteiger partial charge in [0.1, 0.15) is 17.2 Å². The number of unbranched alkanes of at least 4 members (excludes halogenated alkanes) is 3. The van der Waals surface area contributed by atoms with Crippen LogP contribution in [-0.4, -0.2) is 15.3 Å². The molecule has 1 amide bonds. The number of nitrogens with zero attached hydrogens (tertiary/aromatic N) is 2. The van der Waals surface area contributed by atoms with Gasteiger partial charge in [-0.15, -0.1) is 0 Å². The molecular formula is C22H27N3O. The number of hydrogen-bond acceptors (Lipinski definition) is 2. The summed E-state index contributed by atoms with van der Waals surface area (Å²) in [4.78, 5) is 17.3. The fraction of sp³-hybridized carbons (Fsp3) is 0.364. The molecule has 1 aromatic carbocycles. The third-order valence-corrected chi connectivity index (χ3v) is 4.54. The summed E-state index contributed by atoms with van der Waals surface area (Å²) in [5, 5.41) is 3.11. The maximum Gasteiger partial charge on any atom is 0.225 e. The van der Waals surface area contributed by atoms with Gasteiger partial charge in [0.15, 0.2) is 0 Å². The van der Waals surface area contributed by atoms with Crippen LogP contribution in [0.2, 0.25) is 0 Å². The second-order valence-electron chi connectivity index (χ2n) is 6.97. The quantitative estimate of drug-likeness (QED) is 0.570. The number of nitrogens with one attached hydrogen (secondary N) is 1. The maximum absolute atomic E-state index is 12.5. The number of aromatic nitrogens is 2. The molecule has 0 unspecified atom stereocenters. The molecule has 0 spiro atoms. The summed E-state index contributed by atoms with van der Waals surface area (Å²) in [5.74, 6) is 0.809. The summed E-state index contributed by atoms with van der Waals surface area (Å²) in [6.45, 7) is 6.34. The van der Waals surface area contributed by atoms with Crippen LogP contribution in [0.25, 0.3) is 16.9 Å². The van der Waals surface area contributed by atoms with Crippen molar-refractivity contribution in [1.29, 1.82) is 0 Å². The minimum absolute atomic E-state index is 0.0531. The average molecular weight is 349 g/mol. The van der Waals surface area contributed by atoms with Gasteiger partial charge in [-0.3, -0.25) is 9.20 Å². The monoisotopic (exact) mass is 349 g/mol. The normalized spacial score (nSPS) is 11.0. The summed E-state index contributed by atoms with van der Waals surface area (Å²) in [6.07, 6.45) is 6.87. The van der Waals surface area contributed by atoms with Crippen molar-refractivity contribution in [3.63, 3.8) is 0 Å². The van der Waals surface area contributed by atoms with Crippen LogP contribution in [0.3, 0.4) is 0 Å². The molecule has 2 heterocycles. The highest BCUT2D eigenvalue weighted by Gasteiger charge is 2.16. The van der Waals surface area contributed by atoms with Gasteiger partial charge in [-0.25, -0.2) is 4.98 Å². The fourth-order valence-corrected chi connectivity index (χ4v) is 3.33. The zero-order chi connectivity index (χ0) is 18.5. The van der Waals surface area contributed by atoms with Crippen LogP contribution in [-0.2, 0) is 4.79 Å². The van der Waals surface area contributed by atoms with E-state index in [-0.39, 0.29) is 5.91 Å². The number of pyridine rings is 1. The molecule has 26 heavy (non-hydrogen) atoms. The van der Waals surface area contributed by atoms with E-state index >= 15 is 0 Å². The van der Waals surface area contributed by atoms with E-state index in [1.807, 2.05) is 28.8 Å². The van der Waals surface area contributed by atoms with Crippen molar-refractivity contribution in [1.82, 2.24) is 9.38 Å². The van der Waals surface area contributed by atoms with Crippen molar-refractivity contribution >= 4 is 17.4 Å². The van der Waals surface area contributed by atoms with E-state index in [0.717, 1.165) is 35.6 Å². The predicted octanol–water partition coefficient (Wildman–Crippen LogP) is 5.53. The molecule has 3 rings (SSSR count). The lowest BCUT2D eigenvalue weighted by molar-refractivity contribution is -0.116. The van der Waals surface area contributed by atoms with Gasteiger partial charge in [0.2, 0.25) is 5.91 Å². The van der Waals surface area contributed by atoms with Crippen LogP contribution in [0, 0.1) is 13.8 Å². The minimum Gasteiger partial charge on any atom is -0.310 e. The van der Waals surface area contributed by atoms with Crippen molar-refractivity contribution in [3.8, 4) is 11.3 Å². The first-order valence-corrected chi connectivity index (χ1v) is 9.44. The van der Waals surface area contributed by atoms with Crippen LogP contribution in [0.1, 0.15) is 50.2 Å². The molecule has 0 atom stereocenters. The molecule has 0 aliphatic carbocycles. The van der Waals surface area contributed by atoms with Gasteiger partial charge < -0.3 is 5.32 Å². The Morgan fingerprint density at radius 3 is 2.58 bits per heavy atom. The SMILES string of the molecule is CCCCCCC(=O)Nc1c(-c2cc(C)cc(C)c2)nc2ccccn12. The number of imidazole rings is 1. The molecule has 0 aliphatic rings. The van der Waals surface area contributed by atoms with E-state index in [1.165, 1.54) is 24.0 Å². The molecule has 1 N–H and O–H groups in total. The Morgan fingerprint density at radius 2 is 1.85 bits per heavy atom. The molecule has 0 fully saturated rings. The molecular weight excluding hydrogens is 322 g/mol. The van der Waals surface area contributed by atoms with E-state index in [9.17, 15) is 4.79 Å². The van der Waals surface area contributed by atoms with Crippen molar-refractivity contribution in [2.75, 3.05) is 5.32 Å². The largest absolute Gasteiger partial charge is 0.310 e. The Bertz CT molecular complexity index is 891. The lowest BCUT2D eigenvalue weighted by atomic mass is 10.0. The molecule has 4 nitrogen and oxygen atoms in total. The highest BCUT2D eigenvalue weighted by atomic mass is 16.1. The Morgan fingerprint density at radius 1 is 1.08 bits per heavy atom. The van der Waals surface area contributed by atoms with E-state index in [2.05, 4.69) is 44.3 Å². The average Bonchev–Trinajstić information content (AvgIpc) is 2.97. The van der Waals surface area contributed by atoms with Crippen LogP contribution in [0.5, 0.6) is 0 Å². The number of carbonyl (C=O) groups is 1. The second kappa shape index (κ2) is 8.17. The lowest BCUT2D eigenvalue weighted by Crippen LogP contribution is -2.13. The first-order valence-electron chi connectivity index (χ1n) is 9.44. The van der Waals surface area contributed by atoms with E-state index < -0.39 is 0 Å². The summed E-state index contributed by atoms with van der Waals surface area (Å²) in [6, 6.07) is 12.3. The standard InChI is InChI=1S/C22H27N3O/c1-4-5-6-7-11-20(26)24-22-21(18-14-16(2)13-17(3)15-18)23-19-10-8-9-12-25(19)22/h8-10,12-15H,4-7,11H2,1-3H3,(H,24,26). The highest BCUT2D eigenvalue weighted by Crippen LogP contribution is 2.30. The van der Waals surface area contributed by atoms with E-state index in [4.69, 9.17) is 4.98 Å². The number of hydrogen-bond donors (Lipinski definition) is 1. The van der Waals surface area contributed by atoms with Gasteiger partial charge in [0, 0.05) is 18.2 Å². The molecule has 2 aromatic heterocycles. The number of anilines is 1. The van der Waals surface area contributed by atoms with Gasteiger partial charge in [-0.1, -0.05) is 49.4 Å². The third-order valence-electron chi connectivity index (χ3n) is 4.54. The zero-order valence-corrected chi connectivity index (χ0v) is 15.9. The smallest absolute Gasteiger partial charge is 0.225 e. The number of carbonyl (C=O) groups excluding carboxylic acids is 1. The number of fused-ring (bicyclic) bond motifs is 1. The fourth-order valence-electron chi connectivity index (χ4n) is 3.33. The summed E-state index contributed by atoms with van der Waals surface area (Å²) >= 11 is 0. The zero-order valence-electron chi connectivity index (χ0n) is 15.9. The van der Waals surface area contributed by atoms with E-state index in [1.54, 1.807) is 0 Å². The van der Waals surface area contributed by atoms with Crippen molar-refractivity contribution in [2.24, 2.45) is 0 Å². The molecule has 0 bridgehead atoms. The number of benzene rings is 1. The lowest BCUT2D eigenvalue weighted by Gasteiger charge is -2.09. The van der Waals surface area contributed by atoms with Gasteiger partial charge in [-0.2, -0.15) is 0 Å². The van der Waals surface area contributed by atoms with Gasteiger partial charge in [-0.05, 0) is 44.5 Å². The number of amides is 1.